The van der Waals surface area contributed by atoms with Gasteiger partial charge in [0.15, 0.2) is 0 Å². The summed E-state index contributed by atoms with van der Waals surface area (Å²) < 4.78 is 0. The van der Waals surface area contributed by atoms with E-state index in [0.717, 1.165) is 20.4 Å². The van der Waals surface area contributed by atoms with E-state index in [9.17, 15) is 14.9 Å². The molecule has 0 aliphatic rings. The third-order valence-corrected chi connectivity index (χ3v) is 5.33. The van der Waals surface area contributed by atoms with Crippen molar-refractivity contribution in [2.75, 3.05) is 16.0 Å². The molecular weight excluding hydrogens is 408 g/mol. The highest BCUT2D eigenvalue weighted by Crippen LogP contribution is 2.33. The number of nitrogens with one attached hydrogen (secondary N) is 1. The Balaban J connectivity index is 1.85. The summed E-state index contributed by atoms with van der Waals surface area (Å²) in [5, 5.41) is 12.6. The van der Waals surface area contributed by atoms with Gasteiger partial charge >= 0.3 is 0 Å². The summed E-state index contributed by atoms with van der Waals surface area (Å²) in [7, 11) is 0. The fraction of sp³-hybridized carbons (Fsp3) is 0.0417. The number of anilines is 3. The Hall–Kier alpha value is -4.02. The monoisotopic (exact) mass is 428 g/mol. The summed E-state index contributed by atoms with van der Waals surface area (Å²) in [6, 6.07) is 25.6. The van der Waals surface area contributed by atoms with Gasteiger partial charge in [-0.15, -0.1) is 0 Å². The molecule has 0 aliphatic carbocycles. The molecule has 0 heterocycles. The van der Waals surface area contributed by atoms with E-state index in [0.29, 0.717) is 11.4 Å². The molecule has 154 valence electrons. The SMILES string of the molecule is CC(=O)N(C(=O)/C(C#N)=C\Nc1ccccc1Sc1ccccc1)c1ccc(N)cc1. The first-order chi connectivity index (χ1) is 15.0. The number of nitrogen functional groups attached to an aromatic ring is 1. The number of benzene rings is 3. The van der Waals surface area contributed by atoms with Crippen molar-refractivity contribution in [3.05, 3.63) is 90.6 Å². The van der Waals surface area contributed by atoms with E-state index in [1.165, 1.54) is 13.1 Å². The Morgan fingerprint density at radius 1 is 1.00 bits per heavy atom. The van der Waals surface area contributed by atoms with Gasteiger partial charge in [0.1, 0.15) is 11.6 Å². The van der Waals surface area contributed by atoms with Gasteiger partial charge in [-0.1, -0.05) is 42.1 Å². The molecule has 3 N–H and O–H groups in total. The number of nitrogens with two attached hydrogens (primary N) is 1. The maximum atomic E-state index is 12.9. The van der Waals surface area contributed by atoms with Crippen LogP contribution in [0.25, 0.3) is 0 Å². The van der Waals surface area contributed by atoms with Crippen molar-refractivity contribution in [2.24, 2.45) is 0 Å². The molecule has 0 atom stereocenters. The molecule has 0 saturated heterocycles. The van der Waals surface area contributed by atoms with E-state index in [-0.39, 0.29) is 5.57 Å². The molecule has 3 aromatic carbocycles. The number of amides is 2. The number of hydrogen-bond acceptors (Lipinski definition) is 6. The molecule has 7 heteroatoms. The minimum Gasteiger partial charge on any atom is -0.399 e. The summed E-state index contributed by atoms with van der Waals surface area (Å²) in [5.41, 5.74) is 7.06. The zero-order chi connectivity index (χ0) is 22.2. The van der Waals surface area contributed by atoms with Crippen molar-refractivity contribution in [1.82, 2.24) is 0 Å². The van der Waals surface area contributed by atoms with Gasteiger partial charge in [0.05, 0.1) is 11.4 Å². The molecule has 0 unspecified atom stereocenters. The van der Waals surface area contributed by atoms with Gasteiger partial charge in [-0.3, -0.25) is 9.59 Å². The minimum absolute atomic E-state index is 0.202. The van der Waals surface area contributed by atoms with Gasteiger partial charge < -0.3 is 11.1 Å². The van der Waals surface area contributed by atoms with E-state index in [2.05, 4.69) is 5.32 Å². The molecule has 0 fully saturated rings. The van der Waals surface area contributed by atoms with Crippen LogP contribution < -0.4 is 16.0 Å². The van der Waals surface area contributed by atoms with Crippen LogP contribution in [0.1, 0.15) is 6.92 Å². The second-order valence-corrected chi connectivity index (χ2v) is 7.59. The Labute approximate surface area is 185 Å². The second kappa shape index (κ2) is 10.1. The Morgan fingerprint density at radius 2 is 1.65 bits per heavy atom. The average molecular weight is 429 g/mol. The van der Waals surface area contributed by atoms with Gasteiger partial charge in [0.25, 0.3) is 5.91 Å². The van der Waals surface area contributed by atoms with Crippen LogP contribution in [-0.2, 0) is 9.59 Å². The molecule has 0 radical (unpaired) electrons. The molecule has 0 bridgehead atoms. The highest BCUT2D eigenvalue weighted by molar-refractivity contribution is 7.99. The molecule has 6 nitrogen and oxygen atoms in total. The largest absolute Gasteiger partial charge is 0.399 e. The Bertz CT molecular complexity index is 1150. The summed E-state index contributed by atoms with van der Waals surface area (Å²) >= 11 is 1.56. The smallest absolute Gasteiger partial charge is 0.277 e. The van der Waals surface area contributed by atoms with Gasteiger partial charge in [0, 0.05) is 28.6 Å². The van der Waals surface area contributed by atoms with Gasteiger partial charge in [-0.2, -0.15) is 5.26 Å². The Kier molecular flexibility index (Phi) is 7.09. The number of carbonyl (C=O) groups excluding carboxylic acids is 2. The topological polar surface area (TPSA) is 99.2 Å². The molecule has 0 aliphatic heterocycles. The number of rotatable bonds is 6. The zero-order valence-corrected chi connectivity index (χ0v) is 17.6. The van der Waals surface area contributed by atoms with E-state index in [1.54, 1.807) is 36.0 Å². The number of nitriles is 1. The molecular formula is C24H20N4O2S. The summed E-state index contributed by atoms with van der Waals surface area (Å²) in [4.78, 5) is 28.0. The van der Waals surface area contributed by atoms with Gasteiger partial charge in [-0.25, -0.2) is 4.90 Å². The average Bonchev–Trinajstić information content (AvgIpc) is 2.77. The fourth-order valence-electron chi connectivity index (χ4n) is 2.77. The first kappa shape index (κ1) is 21.7. The van der Waals surface area contributed by atoms with Crippen LogP contribution >= 0.6 is 11.8 Å². The number of carbonyl (C=O) groups is 2. The lowest BCUT2D eigenvalue weighted by atomic mass is 10.2. The number of nitrogens with zero attached hydrogens (tertiary/aromatic N) is 2. The first-order valence-electron chi connectivity index (χ1n) is 9.39. The molecule has 3 rings (SSSR count). The predicted octanol–water partition coefficient (Wildman–Crippen LogP) is 4.82. The van der Waals surface area contributed by atoms with Crippen LogP contribution in [0, 0.1) is 11.3 Å². The maximum absolute atomic E-state index is 12.9. The number of para-hydroxylation sites is 1. The lowest BCUT2D eigenvalue weighted by Gasteiger charge is -2.19. The second-order valence-electron chi connectivity index (χ2n) is 6.48. The summed E-state index contributed by atoms with van der Waals surface area (Å²) in [6.07, 6.45) is 1.32. The van der Waals surface area contributed by atoms with E-state index < -0.39 is 11.8 Å². The van der Waals surface area contributed by atoms with Gasteiger partial charge in [-0.05, 0) is 48.5 Å². The predicted molar refractivity (Wildman–Crippen MR) is 123 cm³/mol. The summed E-state index contributed by atoms with van der Waals surface area (Å²) in [5.74, 6) is -1.23. The molecule has 0 saturated carbocycles. The van der Waals surface area contributed by atoms with Crippen molar-refractivity contribution in [3.63, 3.8) is 0 Å². The number of hydrogen-bond donors (Lipinski definition) is 2. The van der Waals surface area contributed by atoms with Crippen molar-refractivity contribution >= 4 is 40.6 Å². The molecule has 0 spiro atoms. The van der Waals surface area contributed by atoms with Crippen molar-refractivity contribution < 1.29 is 9.59 Å². The minimum atomic E-state index is -0.722. The van der Waals surface area contributed by atoms with Crippen molar-refractivity contribution in [3.8, 4) is 6.07 Å². The third kappa shape index (κ3) is 5.53. The van der Waals surface area contributed by atoms with Crippen LogP contribution in [0.2, 0.25) is 0 Å². The summed E-state index contributed by atoms with van der Waals surface area (Å²) in [6.45, 7) is 1.27. The zero-order valence-electron chi connectivity index (χ0n) is 16.8. The lowest BCUT2D eigenvalue weighted by Crippen LogP contribution is -2.36. The fourth-order valence-corrected chi connectivity index (χ4v) is 3.70. The molecule has 3 aromatic rings. The van der Waals surface area contributed by atoms with Crippen LogP contribution in [-0.4, -0.2) is 11.8 Å². The van der Waals surface area contributed by atoms with Gasteiger partial charge in [0.2, 0.25) is 5.91 Å². The normalized spacial score (nSPS) is 10.8. The number of imide groups is 1. The van der Waals surface area contributed by atoms with E-state index in [1.807, 2.05) is 60.7 Å². The Morgan fingerprint density at radius 3 is 2.29 bits per heavy atom. The molecule has 31 heavy (non-hydrogen) atoms. The van der Waals surface area contributed by atoms with Crippen molar-refractivity contribution in [1.29, 1.82) is 5.26 Å². The quantitative estimate of drug-likeness (QED) is 0.332. The van der Waals surface area contributed by atoms with E-state index >= 15 is 0 Å². The van der Waals surface area contributed by atoms with Crippen LogP contribution in [0.3, 0.4) is 0 Å². The highest BCUT2D eigenvalue weighted by Gasteiger charge is 2.24. The maximum Gasteiger partial charge on any atom is 0.277 e. The highest BCUT2D eigenvalue weighted by atomic mass is 32.2. The van der Waals surface area contributed by atoms with Crippen LogP contribution in [0.4, 0.5) is 17.1 Å². The lowest BCUT2D eigenvalue weighted by molar-refractivity contribution is -0.123. The van der Waals surface area contributed by atoms with Crippen LogP contribution in [0.5, 0.6) is 0 Å². The third-order valence-electron chi connectivity index (χ3n) is 4.25. The first-order valence-corrected chi connectivity index (χ1v) is 10.2. The van der Waals surface area contributed by atoms with Crippen LogP contribution in [0.15, 0.2) is 100 Å². The molecule has 2 amide bonds. The van der Waals surface area contributed by atoms with Crippen molar-refractivity contribution in [2.45, 2.75) is 16.7 Å². The standard InChI is InChI=1S/C24H20N4O2S/c1-17(29)28(20-13-11-19(26)12-14-20)24(30)18(15-25)16-27-22-9-5-6-10-23(22)31-21-7-3-2-4-8-21/h2-14,16,27H,26H2,1H3/b18-16-. The van der Waals surface area contributed by atoms with E-state index in [4.69, 9.17) is 5.73 Å². The molecule has 0 aromatic heterocycles.